The Balaban J connectivity index is 2.56. The summed E-state index contributed by atoms with van der Waals surface area (Å²) in [5.74, 6) is 0. The van der Waals surface area contributed by atoms with Gasteiger partial charge >= 0.3 is 0 Å². The van der Waals surface area contributed by atoms with E-state index in [9.17, 15) is 0 Å². The van der Waals surface area contributed by atoms with E-state index < -0.39 is 0 Å². The Hall–Kier alpha value is -0.450. The molecule has 0 saturated carbocycles. The van der Waals surface area contributed by atoms with E-state index in [1.54, 1.807) is 7.11 Å². The fraction of sp³-hybridized carbons (Fsp3) is 0.583. The van der Waals surface area contributed by atoms with Crippen LogP contribution in [0.4, 0.5) is 0 Å². The molecular weight excluding hydrogens is 268 g/mol. The summed E-state index contributed by atoms with van der Waals surface area (Å²) in [5.41, 5.74) is 1.08. The SMILES string of the molecule is CCCNC(COC)Cc1ncccc1Br. The standard InChI is InChI=1S/C12H19BrN2O/c1-3-6-14-10(9-16-2)8-12-11(13)5-4-7-15-12/h4-5,7,10,14H,3,6,8-9H2,1-2H3. The summed E-state index contributed by atoms with van der Waals surface area (Å²) in [6.45, 7) is 3.88. The lowest BCUT2D eigenvalue weighted by molar-refractivity contribution is 0.165. The summed E-state index contributed by atoms with van der Waals surface area (Å²) in [6.07, 6.45) is 3.84. The van der Waals surface area contributed by atoms with Crippen LogP contribution in [0.15, 0.2) is 22.8 Å². The van der Waals surface area contributed by atoms with Gasteiger partial charge in [0.2, 0.25) is 0 Å². The molecule has 0 radical (unpaired) electrons. The first-order chi connectivity index (χ1) is 7.77. The highest BCUT2D eigenvalue weighted by Crippen LogP contribution is 2.15. The highest BCUT2D eigenvalue weighted by molar-refractivity contribution is 9.10. The molecule has 0 fully saturated rings. The van der Waals surface area contributed by atoms with Crippen molar-refractivity contribution in [2.45, 2.75) is 25.8 Å². The van der Waals surface area contributed by atoms with Crippen LogP contribution in [-0.4, -0.2) is 31.3 Å². The number of methoxy groups -OCH3 is 1. The van der Waals surface area contributed by atoms with Crippen LogP contribution in [0.2, 0.25) is 0 Å². The Morgan fingerprint density at radius 1 is 1.56 bits per heavy atom. The summed E-state index contributed by atoms with van der Waals surface area (Å²) in [4.78, 5) is 4.37. The van der Waals surface area contributed by atoms with E-state index in [2.05, 4.69) is 33.2 Å². The third-order valence-electron chi connectivity index (χ3n) is 2.33. The van der Waals surface area contributed by atoms with Crippen molar-refractivity contribution in [3.63, 3.8) is 0 Å². The minimum absolute atomic E-state index is 0.330. The molecule has 0 aliphatic rings. The van der Waals surface area contributed by atoms with Crippen molar-refractivity contribution >= 4 is 15.9 Å². The number of pyridine rings is 1. The first-order valence-corrected chi connectivity index (χ1v) is 6.39. The molecule has 4 heteroatoms. The lowest BCUT2D eigenvalue weighted by atomic mass is 10.1. The number of nitrogens with zero attached hydrogens (tertiary/aromatic N) is 1. The first kappa shape index (κ1) is 13.6. The summed E-state index contributed by atoms with van der Waals surface area (Å²) in [6, 6.07) is 4.28. The van der Waals surface area contributed by atoms with Crippen LogP contribution in [-0.2, 0) is 11.2 Å². The van der Waals surface area contributed by atoms with Crippen LogP contribution < -0.4 is 5.32 Å². The minimum atomic E-state index is 0.330. The van der Waals surface area contributed by atoms with Crippen LogP contribution in [0.5, 0.6) is 0 Å². The van der Waals surface area contributed by atoms with Gasteiger partial charge in [0.05, 0.1) is 12.3 Å². The topological polar surface area (TPSA) is 34.1 Å². The van der Waals surface area contributed by atoms with Gasteiger partial charge in [0, 0.05) is 30.2 Å². The largest absolute Gasteiger partial charge is 0.383 e. The monoisotopic (exact) mass is 286 g/mol. The number of aromatic nitrogens is 1. The molecule has 0 amide bonds. The van der Waals surface area contributed by atoms with Crippen LogP contribution in [0.25, 0.3) is 0 Å². The number of hydrogen-bond donors (Lipinski definition) is 1. The Labute approximate surface area is 106 Å². The predicted octanol–water partition coefficient (Wildman–Crippen LogP) is 2.40. The second-order valence-corrected chi connectivity index (χ2v) is 4.60. The van der Waals surface area contributed by atoms with Gasteiger partial charge in [0.25, 0.3) is 0 Å². The van der Waals surface area contributed by atoms with Gasteiger partial charge in [0.15, 0.2) is 0 Å². The molecule has 0 aromatic carbocycles. The van der Waals surface area contributed by atoms with E-state index >= 15 is 0 Å². The lowest BCUT2D eigenvalue weighted by Gasteiger charge is -2.17. The van der Waals surface area contributed by atoms with Gasteiger partial charge in [-0.25, -0.2) is 0 Å². The average molecular weight is 287 g/mol. The summed E-state index contributed by atoms with van der Waals surface area (Å²) >= 11 is 3.51. The van der Waals surface area contributed by atoms with Crippen LogP contribution in [0, 0.1) is 0 Å². The van der Waals surface area contributed by atoms with E-state index in [4.69, 9.17) is 4.74 Å². The molecule has 1 heterocycles. The molecule has 1 rings (SSSR count). The van der Waals surface area contributed by atoms with E-state index in [0.29, 0.717) is 12.6 Å². The fourth-order valence-electron chi connectivity index (χ4n) is 1.54. The van der Waals surface area contributed by atoms with Crippen molar-refractivity contribution in [1.82, 2.24) is 10.3 Å². The first-order valence-electron chi connectivity index (χ1n) is 5.59. The molecule has 16 heavy (non-hydrogen) atoms. The molecule has 1 atom stereocenters. The fourth-order valence-corrected chi connectivity index (χ4v) is 1.96. The van der Waals surface area contributed by atoms with Crippen molar-refractivity contribution in [1.29, 1.82) is 0 Å². The molecule has 0 aliphatic heterocycles. The van der Waals surface area contributed by atoms with E-state index in [1.807, 2.05) is 18.3 Å². The predicted molar refractivity (Wildman–Crippen MR) is 69.6 cm³/mol. The second kappa shape index (κ2) is 7.76. The second-order valence-electron chi connectivity index (χ2n) is 3.74. The zero-order chi connectivity index (χ0) is 11.8. The molecule has 3 nitrogen and oxygen atoms in total. The zero-order valence-corrected chi connectivity index (χ0v) is 11.5. The lowest BCUT2D eigenvalue weighted by Crippen LogP contribution is -2.36. The number of ether oxygens (including phenoxy) is 1. The van der Waals surface area contributed by atoms with Crippen molar-refractivity contribution in [2.24, 2.45) is 0 Å². The normalized spacial score (nSPS) is 12.7. The molecule has 0 bridgehead atoms. The van der Waals surface area contributed by atoms with Gasteiger partial charge in [-0.2, -0.15) is 0 Å². The van der Waals surface area contributed by atoms with Gasteiger partial charge in [-0.05, 0) is 41.0 Å². The number of halogens is 1. The van der Waals surface area contributed by atoms with E-state index in [-0.39, 0.29) is 0 Å². The Kier molecular flexibility index (Phi) is 6.61. The smallest absolute Gasteiger partial charge is 0.0619 e. The zero-order valence-electron chi connectivity index (χ0n) is 9.87. The van der Waals surface area contributed by atoms with Crippen molar-refractivity contribution < 1.29 is 4.74 Å². The quantitative estimate of drug-likeness (QED) is 0.836. The molecule has 0 saturated heterocycles. The average Bonchev–Trinajstić information content (AvgIpc) is 2.29. The molecule has 0 spiro atoms. The summed E-state index contributed by atoms with van der Waals surface area (Å²) in [7, 11) is 1.73. The van der Waals surface area contributed by atoms with Crippen molar-refractivity contribution in [3.8, 4) is 0 Å². The molecule has 1 N–H and O–H groups in total. The number of rotatable bonds is 7. The maximum atomic E-state index is 5.21. The third kappa shape index (κ3) is 4.60. The van der Waals surface area contributed by atoms with Crippen LogP contribution >= 0.6 is 15.9 Å². The van der Waals surface area contributed by atoms with Gasteiger partial charge in [0.1, 0.15) is 0 Å². The Morgan fingerprint density at radius 3 is 3.00 bits per heavy atom. The maximum Gasteiger partial charge on any atom is 0.0619 e. The van der Waals surface area contributed by atoms with Gasteiger partial charge in [-0.1, -0.05) is 6.92 Å². The Morgan fingerprint density at radius 2 is 2.38 bits per heavy atom. The minimum Gasteiger partial charge on any atom is -0.383 e. The molecular formula is C12H19BrN2O. The summed E-state index contributed by atoms with van der Waals surface area (Å²) < 4.78 is 6.27. The van der Waals surface area contributed by atoms with E-state index in [1.165, 1.54) is 0 Å². The number of hydrogen-bond acceptors (Lipinski definition) is 3. The molecule has 0 aliphatic carbocycles. The van der Waals surface area contributed by atoms with Crippen LogP contribution in [0.3, 0.4) is 0 Å². The van der Waals surface area contributed by atoms with Gasteiger partial charge in [-0.15, -0.1) is 0 Å². The Bertz CT molecular complexity index is 307. The molecule has 1 aromatic rings. The number of nitrogens with one attached hydrogen (secondary N) is 1. The highest BCUT2D eigenvalue weighted by Gasteiger charge is 2.11. The molecule has 1 aromatic heterocycles. The van der Waals surface area contributed by atoms with Gasteiger partial charge in [-0.3, -0.25) is 4.98 Å². The molecule has 90 valence electrons. The van der Waals surface area contributed by atoms with Crippen molar-refractivity contribution in [2.75, 3.05) is 20.3 Å². The summed E-state index contributed by atoms with van der Waals surface area (Å²) in [5, 5.41) is 3.46. The van der Waals surface area contributed by atoms with Crippen LogP contribution in [0.1, 0.15) is 19.0 Å². The van der Waals surface area contributed by atoms with E-state index in [0.717, 1.165) is 29.6 Å². The third-order valence-corrected chi connectivity index (χ3v) is 3.05. The maximum absolute atomic E-state index is 5.21. The van der Waals surface area contributed by atoms with Crippen molar-refractivity contribution in [3.05, 3.63) is 28.5 Å². The molecule has 1 unspecified atom stereocenters. The van der Waals surface area contributed by atoms with Gasteiger partial charge < -0.3 is 10.1 Å². The highest BCUT2D eigenvalue weighted by atomic mass is 79.9.